The Balaban J connectivity index is 2.28. The van der Waals surface area contributed by atoms with Crippen LogP contribution in [0.1, 0.15) is 29.9 Å². The fourth-order valence-corrected chi connectivity index (χ4v) is 2.51. The van der Waals surface area contributed by atoms with Crippen LogP contribution in [0.4, 0.5) is 4.39 Å². The molecule has 1 unspecified atom stereocenters. The van der Waals surface area contributed by atoms with E-state index in [1.54, 1.807) is 12.1 Å². The van der Waals surface area contributed by atoms with Crippen molar-refractivity contribution < 1.29 is 9.13 Å². The number of rotatable bonds is 6. The van der Waals surface area contributed by atoms with Gasteiger partial charge in [-0.2, -0.15) is 5.10 Å². The zero-order valence-electron chi connectivity index (χ0n) is 13.0. The largest absolute Gasteiger partial charge is 0.494 e. The molecule has 5 heteroatoms. The maximum absolute atomic E-state index is 13.6. The summed E-state index contributed by atoms with van der Waals surface area (Å²) in [5.41, 5.74) is 3.15. The molecule has 2 rings (SSSR count). The van der Waals surface area contributed by atoms with E-state index in [2.05, 4.69) is 23.4 Å². The molecule has 0 saturated carbocycles. The van der Waals surface area contributed by atoms with Gasteiger partial charge >= 0.3 is 0 Å². The summed E-state index contributed by atoms with van der Waals surface area (Å²) in [5.74, 6) is -0.0653. The van der Waals surface area contributed by atoms with E-state index in [9.17, 15) is 4.39 Å². The molecule has 1 aromatic carbocycles. The highest BCUT2D eigenvalue weighted by Gasteiger charge is 2.16. The van der Waals surface area contributed by atoms with Crippen molar-refractivity contribution in [2.45, 2.75) is 26.3 Å². The van der Waals surface area contributed by atoms with Crippen LogP contribution >= 0.6 is 0 Å². The lowest BCUT2D eigenvalue weighted by Crippen LogP contribution is -2.24. The summed E-state index contributed by atoms with van der Waals surface area (Å²) in [6, 6.07) is 7.18. The molecule has 0 aliphatic carbocycles. The number of nitrogens with one attached hydrogen (secondary N) is 1. The van der Waals surface area contributed by atoms with Gasteiger partial charge in [-0.3, -0.25) is 4.68 Å². The van der Waals surface area contributed by atoms with Gasteiger partial charge in [-0.05, 0) is 37.2 Å². The van der Waals surface area contributed by atoms with E-state index in [-0.39, 0.29) is 17.6 Å². The van der Waals surface area contributed by atoms with Crippen LogP contribution in [0.5, 0.6) is 5.75 Å². The van der Waals surface area contributed by atoms with Crippen molar-refractivity contribution in [3.05, 3.63) is 47.0 Å². The first-order valence-corrected chi connectivity index (χ1v) is 7.11. The Kier molecular flexibility index (Phi) is 4.96. The Morgan fingerprint density at radius 1 is 1.38 bits per heavy atom. The molecule has 0 radical (unpaired) electrons. The Morgan fingerprint density at radius 2 is 2.14 bits per heavy atom. The van der Waals surface area contributed by atoms with Crippen LogP contribution in [0.25, 0.3) is 0 Å². The second-order valence-corrected chi connectivity index (χ2v) is 5.11. The van der Waals surface area contributed by atoms with Gasteiger partial charge in [0.15, 0.2) is 11.6 Å². The molecule has 4 nitrogen and oxygen atoms in total. The van der Waals surface area contributed by atoms with Gasteiger partial charge in [0.2, 0.25) is 0 Å². The number of aromatic nitrogens is 2. The van der Waals surface area contributed by atoms with Crippen LogP contribution in [0.2, 0.25) is 0 Å². The van der Waals surface area contributed by atoms with E-state index in [4.69, 9.17) is 4.74 Å². The fraction of sp³-hybridized carbons (Fsp3) is 0.438. The Morgan fingerprint density at radius 3 is 2.71 bits per heavy atom. The van der Waals surface area contributed by atoms with E-state index in [0.717, 1.165) is 29.9 Å². The summed E-state index contributed by atoms with van der Waals surface area (Å²) in [6.07, 6.45) is 0.792. The monoisotopic (exact) mass is 291 g/mol. The average molecular weight is 291 g/mol. The van der Waals surface area contributed by atoms with E-state index < -0.39 is 0 Å². The molecule has 21 heavy (non-hydrogen) atoms. The molecule has 1 heterocycles. The van der Waals surface area contributed by atoms with Crippen molar-refractivity contribution in [3.63, 3.8) is 0 Å². The van der Waals surface area contributed by atoms with E-state index in [1.165, 1.54) is 13.2 Å². The van der Waals surface area contributed by atoms with Crippen molar-refractivity contribution >= 4 is 0 Å². The van der Waals surface area contributed by atoms with Crippen LogP contribution in [-0.4, -0.2) is 23.4 Å². The van der Waals surface area contributed by atoms with Gasteiger partial charge in [0, 0.05) is 25.2 Å². The maximum atomic E-state index is 13.6. The Labute approximate surface area is 124 Å². The van der Waals surface area contributed by atoms with Crippen molar-refractivity contribution in [1.29, 1.82) is 0 Å². The van der Waals surface area contributed by atoms with E-state index in [1.807, 2.05) is 18.7 Å². The molecule has 2 aromatic rings. The second-order valence-electron chi connectivity index (χ2n) is 5.11. The minimum absolute atomic E-state index is 0.0966. The minimum Gasteiger partial charge on any atom is -0.494 e. The highest BCUT2D eigenvalue weighted by molar-refractivity contribution is 5.33. The molecule has 1 atom stereocenters. The number of ether oxygens (including phenoxy) is 1. The number of methoxy groups -OCH3 is 1. The molecular weight excluding hydrogens is 269 g/mol. The van der Waals surface area contributed by atoms with Crippen LogP contribution in [0, 0.1) is 12.7 Å². The fourth-order valence-electron chi connectivity index (χ4n) is 2.51. The number of benzene rings is 1. The molecule has 0 aliphatic rings. The van der Waals surface area contributed by atoms with Gasteiger partial charge in [0.1, 0.15) is 0 Å². The first-order valence-electron chi connectivity index (χ1n) is 7.11. The van der Waals surface area contributed by atoms with Crippen molar-refractivity contribution in [2.24, 2.45) is 7.05 Å². The van der Waals surface area contributed by atoms with E-state index in [0.29, 0.717) is 0 Å². The minimum atomic E-state index is -0.340. The number of likely N-dealkylation sites (N-methyl/N-ethyl adjacent to an activating group) is 1. The molecule has 0 saturated heterocycles. The molecule has 0 aliphatic heterocycles. The highest BCUT2D eigenvalue weighted by Crippen LogP contribution is 2.25. The highest BCUT2D eigenvalue weighted by atomic mass is 19.1. The predicted molar refractivity (Wildman–Crippen MR) is 81.0 cm³/mol. The van der Waals surface area contributed by atoms with Crippen molar-refractivity contribution in [2.75, 3.05) is 13.7 Å². The zero-order valence-corrected chi connectivity index (χ0v) is 13.0. The molecule has 0 spiro atoms. The second kappa shape index (κ2) is 6.72. The summed E-state index contributed by atoms with van der Waals surface area (Å²) in [6.45, 7) is 4.87. The summed E-state index contributed by atoms with van der Waals surface area (Å²) >= 11 is 0. The van der Waals surface area contributed by atoms with Gasteiger partial charge in [-0.25, -0.2) is 4.39 Å². The average Bonchev–Trinajstić information content (AvgIpc) is 2.77. The maximum Gasteiger partial charge on any atom is 0.165 e. The lowest BCUT2D eigenvalue weighted by Gasteiger charge is -2.19. The zero-order chi connectivity index (χ0) is 15.4. The van der Waals surface area contributed by atoms with Crippen LogP contribution in [0.3, 0.4) is 0 Å². The topological polar surface area (TPSA) is 39.1 Å². The summed E-state index contributed by atoms with van der Waals surface area (Å²) < 4.78 is 20.5. The number of hydrogen-bond acceptors (Lipinski definition) is 3. The molecule has 0 fully saturated rings. The predicted octanol–water partition coefficient (Wildman–Crippen LogP) is 2.77. The summed E-state index contributed by atoms with van der Waals surface area (Å²) in [4.78, 5) is 0. The van der Waals surface area contributed by atoms with Crippen molar-refractivity contribution in [3.8, 4) is 5.75 Å². The van der Waals surface area contributed by atoms with Gasteiger partial charge in [-0.15, -0.1) is 0 Å². The first-order chi connectivity index (χ1) is 10.0. The number of aryl methyl sites for hydroxylation is 2. The number of nitrogens with zero attached hydrogens (tertiary/aromatic N) is 2. The molecule has 0 amide bonds. The molecule has 1 N–H and O–H groups in total. The molecule has 114 valence electrons. The SMILES string of the molecule is CCNC(Cc1cc(C)nn1C)c1ccc(F)c(OC)c1. The third kappa shape index (κ3) is 3.61. The van der Waals surface area contributed by atoms with E-state index >= 15 is 0 Å². The third-order valence-electron chi connectivity index (χ3n) is 3.54. The smallest absolute Gasteiger partial charge is 0.165 e. The van der Waals surface area contributed by atoms with Gasteiger partial charge < -0.3 is 10.1 Å². The third-order valence-corrected chi connectivity index (χ3v) is 3.54. The quantitative estimate of drug-likeness (QED) is 0.889. The standard InChI is InChI=1S/C16H22FN3O/c1-5-18-15(10-13-8-11(2)19-20(13)3)12-6-7-14(17)16(9-12)21-4/h6-9,15,18H,5,10H2,1-4H3. The van der Waals surface area contributed by atoms with Crippen LogP contribution in [0.15, 0.2) is 24.3 Å². The number of hydrogen-bond donors (Lipinski definition) is 1. The van der Waals surface area contributed by atoms with Crippen LogP contribution < -0.4 is 10.1 Å². The van der Waals surface area contributed by atoms with Gasteiger partial charge in [0.05, 0.1) is 12.8 Å². The summed E-state index contributed by atoms with van der Waals surface area (Å²) in [7, 11) is 3.42. The Bertz CT molecular complexity index is 610. The number of halogens is 1. The lowest BCUT2D eigenvalue weighted by atomic mass is 10.0. The first kappa shape index (κ1) is 15.5. The molecule has 0 bridgehead atoms. The van der Waals surface area contributed by atoms with Gasteiger partial charge in [0.25, 0.3) is 0 Å². The molecular formula is C16H22FN3O. The van der Waals surface area contributed by atoms with Gasteiger partial charge in [-0.1, -0.05) is 13.0 Å². The van der Waals surface area contributed by atoms with Crippen molar-refractivity contribution in [1.82, 2.24) is 15.1 Å². The normalized spacial score (nSPS) is 12.4. The summed E-state index contributed by atoms with van der Waals surface area (Å²) in [5, 5.41) is 7.81. The Hall–Kier alpha value is -1.88. The van der Waals surface area contributed by atoms with Crippen LogP contribution in [-0.2, 0) is 13.5 Å². The molecule has 1 aromatic heterocycles. The lowest BCUT2D eigenvalue weighted by molar-refractivity contribution is 0.384.